The van der Waals surface area contributed by atoms with Crippen LogP contribution in [0.3, 0.4) is 0 Å². The SMILES string of the molecule is CC1=CC(C(N)=O)=NC1(C)N. The summed E-state index contributed by atoms with van der Waals surface area (Å²) >= 11 is 0. The Hall–Kier alpha value is -1.16. The van der Waals surface area contributed by atoms with Crippen molar-refractivity contribution in [1.29, 1.82) is 0 Å². The molecule has 0 radical (unpaired) electrons. The number of hydrogen-bond acceptors (Lipinski definition) is 3. The van der Waals surface area contributed by atoms with Gasteiger partial charge in [-0.05, 0) is 25.5 Å². The number of rotatable bonds is 1. The second kappa shape index (κ2) is 2.17. The molecule has 11 heavy (non-hydrogen) atoms. The van der Waals surface area contributed by atoms with Crippen LogP contribution in [0.25, 0.3) is 0 Å². The van der Waals surface area contributed by atoms with E-state index in [9.17, 15) is 4.79 Å². The topological polar surface area (TPSA) is 81.5 Å². The maximum Gasteiger partial charge on any atom is 0.266 e. The van der Waals surface area contributed by atoms with Crippen molar-refractivity contribution in [3.05, 3.63) is 11.6 Å². The second-order valence-electron chi connectivity index (χ2n) is 2.84. The highest BCUT2D eigenvalue weighted by Gasteiger charge is 2.27. The minimum absolute atomic E-state index is 0.257. The van der Waals surface area contributed by atoms with E-state index >= 15 is 0 Å². The third-order valence-electron chi connectivity index (χ3n) is 1.76. The lowest BCUT2D eigenvalue weighted by atomic mass is 10.1. The van der Waals surface area contributed by atoms with Gasteiger partial charge in [-0.2, -0.15) is 0 Å². The van der Waals surface area contributed by atoms with Gasteiger partial charge in [0.1, 0.15) is 11.4 Å². The molecule has 60 valence electrons. The number of primary amides is 1. The first-order valence-corrected chi connectivity index (χ1v) is 3.31. The van der Waals surface area contributed by atoms with E-state index in [1.54, 1.807) is 13.0 Å². The Morgan fingerprint density at radius 2 is 2.27 bits per heavy atom. The molecule has 1 aliphatic rings. The fourth-order valence-electron chi connectivity index (χ4n) is 0.848. The van der Waals surface area contributed by atoms with Gasteiger partial charge in [0.15, 0.2) is 0 Å². The highest BCUT2D eigenvalue weighted by molar-refractivity contribution is 6.43. The number of carbonyl (C=O) groups is 1. The quantitative estimate of drug-likeness (QED) is 0.534. The Bertz CT molecular complexity index is 263. The largest absolute Gasteiger partial charge is 0.364 e. The normalized spacial score (nSPS) is 29.7. The van der Waals surface area contributed by atoms with Crippen LogP contribution in [0.15, 0.2) is 16.6 Å². The Kier molecular flexibility index (Phi) is 1.56. The number of aliphatic imine (C=N–C) groups is 1. The molecule has 0 aromatic heterocycles. The summed E-state index contributed by atoms with van der Waals surface area (Å²) in [5, 5.41) is 0. The third kappa shape index (κ3) is 1.30. The van der Waals surface area contributed by atoms with Crippen molar-refractivity contribution in [1.82, 2.24) is 0 Å². The van der Waals surface area contributed by atoms with Crippen LogP contribution >= 0.6 is 0 Å². The van der Waals surface area contributed by atoms with Crippen LogP contribution in [0, 0.1) is 0 Å². The molecular formula is C7H11N3O. The van der Waals surface area contributed by atoms with Gasteiger partial charge >= 0.3 is 0 Å². The van der Waals surface area contributed by atoms with Gasteiger partial charge in [0.25, 0.3) is 5.91 Å². The molecule has 1 unspecified atom stereocenters. The molecular weight excluding hydrogens is 142 g/mol. The molecule has 4 nitrogen and oxygen atoms in total. The van der Waals surface area contributed by atoms with Crippen molar-refractivity contribution >= 4 is 11.6 Å². The average molecular weight is 153 g/mol. The number of hydrogen-bond donors (Lipinski definition) is 2. The Morgan fingerprint density at radius 1 is 1.73 bits per heavy atom. The van der Waals surface area contributed by atoms with Crippen molar-refractivity contribution in [3.8, 4) is 0 Å². The van der Waals surface area contributed by atoms with Gasteiger partial charge in [-0.1, -0.05) is 0 Å². The first-order chi connectivity index (χ1) is 4.93. The fraction of sp³-hybridized carbons (Fsp3) is 0.429. The Labute approximate surface area is 65.0 Å². The molecule has 1 aliphatic heterocycles. The highest BCUT2D eigenvalue weighted by atomic mass is 16.1. The molecule has 1 rings (SSSR count). The molecule has 0 aliphatic carbocycles. The molecule has 0 spiro atoms. The maximum atomic E-state index is 10.6. The minimum Gasteiger partial charge on any atom is -0.364 e. The molecule has 0 fully saturated rings. The summed E-state index contributed by atoms with van der Waals surface area (Å²) in [5.74, 6) is -0.529. The van der Waals surface area contributed by atoms with Crippen molar-refractivity contribution in [2.75, 3.05) is 0 Å². The number of nitrogens with two attached hydrogens (primary N) is 2. The van der Waals surface area contributed by atoms with Crippen LogP contribution in [-0.4, -0.2) is 17.3 Å². The monoisotopic (exact) mass is 153 g/mol. The first-order valence-electron chi connectivity index (χ1n) is 3.31. The van der Waals surface area contributed by atoms with Gasteiger partial charge < -0.3 is 11.5 Å². The predicted octanol–water partition coefficient (Wildman–Crippen LogP) is -0.453. The van der Waals surface area contributed by atoms with Gasteiger partial charge in [-0.3, -0.25) is 9.79 Å². The van der Waals surface area contributed by atoms with E-state index in [1.165, 1.54) is 0 Å². The van der Waals surface area contributed by atoms with Crippen LogP contribution < -0.4 is 11.5 Å². The Morgan fingerprint density at radius 3 is 2.45 bits per heavy atom. The van der Waals surface area contributed by atoms with Crippen LogP contribution in [0.1, 0.15) is 13.8 Å². The smallest absolute Gasteiger partial charge is 0.266 e. The van der Waals surface area contributed by atoms with E-state index in [-0.39, 0.29) is 5.71 Å². The van der Waals surface area contributed by atoms with E-state index < -0.39 is 11.6 Å². The van der Waals surface area contributed by atoms with Gasteiger partial charge in [0, 0.05) is 0 Å². The molecule has 0 saturated heterocycles. The van der Waals surface area contributed by atoms with Crippen LogP contribution in [0.4, 0.5) is 0 Å². The number of amides is 1. The molecule has 1 atom stereocenters. The van der Waals surface area contributed by atoms with Gasteiger partial charge in [-0.25, -0.2) is 0 Å². The molecule has 4 heteroatoms. The first kappa shape index (κ1) is 7.94. The van der Waals surface area contributed by atoms with Gasteiger partial charge in [-0.15, -0.1) is 0 Å². The van der Waals surface area contributed by atoms with Crippen LogP contribution in [-0.2, 0) is 4.79 Å². The lowest BCUT2D eigenvalue weighted by Gasteiger charge is -2.15. The fourth-order valence-corrected chi connectivity index (χ4v) is 0.848. The van der Waals surface area contributed by atoms with Crippen molar-refractivity contribution in [3.63, 3.8) is 0 Å². The summed E-state index contributed by atoms with van der Waals surface area (Å²) in [5.41, 5.74) is 11.1. The summed E-state index contributed by atoms with van der Waals surface area (Å²) < 4.78 is 0. The summed E-state index contributed by atoms with van der Waals surface area (Å²) in [4.78, 5) is 14.6. The molecule has 1 amide bonds. The summed E-state index contributed by atoms with van der Waals surface area (Å²) in [6, 6.07) is 0. The van der Waals surface area contributed by atoms with E-state index in [2.05, 4.69) is 4.99 Å². The van der Waals surface area contributed by atoms with Crippen molar-refractivity contribution in [2.45, 2.75) is 19.5 Å². The summed E-state index contributed by atoms with van der Waals surface area (Å²) in [6.07, 6.45) is 1.61. The zero-order valence-electron chi connectivity index (χ0n) is 6.59. The van der Waals surface area contributed by atoms with Crippen molar-refractivity contribution < 1.29 is 4.79 Å². The lowest BCUT2D eigenvalue weighted by Crippen LogP contribution is -2.33. The van der Waals surface area contributed by atoms with Crippen LogP contribution in [0.2, 0.25) is 0 Å². The molecule has 4 N–H and O–H groups in total. The molecule has 0 saturated carbocycles. The molecule has 0 aromatic carbocycles. The van der Waals surface area contributed by atoms with Crippen molar-refractivity contribution in [2.24, 2.45) is 16.5 Å². The molecule has 0 aromatic rings. The Balaban J connectivity index is 3.01. The minimum atomic E-state index is -0.746. The number of carbonyl (C=O) groups excluding carboxylic acids is 1. The average Bonchev–Trinajstić information content (AvgIpc) is 2.08. The van der Waals surface area contributed by atoms with E-state index in [1.807, 2.05) is 6.92 Å². The summed E-state index contributed by atoms with van der Waals surface area (Å²) in [7, 11) is 0. The summed E-state index contributed by atoms with van der Waals surface area (Å²) in [6.45, 7) is 3.55. The van der Waals surface area contributed by atoms with E-state index in [4.69, 9.17) is 11.5 Å². The predicted molar refractivity (Wildman–Crippen MR) is 43.0 cm³/mol. The number of nitrogens with zero attached hydrogens (tertiary/aromatic N) is 1. The highest BCUT2D eigenvalue weighted by Crippen LogP contribution is 2.20. The second-order valence-corrected chi connectivity index (χ2v) is 2.84. The lowest BCUT2D eigenvalue weighted by molar-refractivity contribution is -0.111. The van der Waals surface area contributed by atoms with Gasteiger partial charge in [0.05, 0.1) is 0 Å². The standard InChI is InChI=1S/C7H11N3O/c1-4-3-5(6(8)11)10-7(4,2)9/h3H,9H2,1-2H3,(H2,8,11). The van der Waals surface area contributed by atoms with E-state index in [0.717, 1.165) is 5.57 Å². The third-order valence-corrected chi connectivity index (χ3v) is 1.76. The zero-order chi connectivity index (χ0) is 8.65. The maximum absolute atomic E-state index is 10.6. The molecule has 1 heterocycles. The molecule has 0 bridgehead atoms. The van der Waals surface area contributed by atoms with Gasteiger partial charge in [0.2, 0.25) is 0 Å². The van der Waals surface area contributed by atoms with Crippen LogP contribution in [0.5, 0.6) is 0 Å². The zero-order valence-corrected chi connectivity index (χ0v) is 6.59. The van der Waals surface area contributed by atoms with E-state index in [0.29, 0.717) is 0 Å².